The van der Waals surface area contributed by atoms with Crippen LogP contribution in [0, 0.1) is 5.92 Å². The number of urea groups is 1. The summed E-state index contributed by atoms with van der Waals surface area (Å²) in [6, 6.07) is -0.618. The number of unbranched alkanes of at least 4 members (excludes halogenated alkanes) is 1. The Labute approximate surface area is 107 Å². The molecule has 1 saturated heterocycles. The van der Waals surface area contributed by atoms with Crippen molar-refractivity contribution in [3.8, 4) is 0 Å². The fourth-order valence-corrected chi connectivity index (χ4v) is 1.63. The number of ether oxygens (including phenoxy) is 1. The number of rotatable bonds is 6. The predicted octanol–water partition coefficient (Wildman–Crippen LogP) is 0.906. The van der Waals surface area contributed by atoms with Gasteiger partial charge in [-0.05, 0) is 33.6 Å². The van der Waals surface area contributed by atoms with Gasteiger partial charge in [-0.1, -0.05) is 0 Å². The van der Waals surface area contributed by atoms with Crippen LogP contribution in [0.1, 0.15) is 33.6 Å². The number of carbonyl (C=O) groups excluding carboxylic acids is 3. The lowest BCUT2D eigenvalue weighted by atomic mass is 10.1. The zero-order valence-corrected chi connectivity index (χ0v) is 11.1. The van der Waals surface area contributed by atoms with E-state index in [1.54, 1.807) is 0 Å². The molecule has 1 heterocycles. The van der Waals surface area contributed by atoms with Crippen LogP contribution in [0.15, 0.2) is 0 Å². The molecule has 0 aromatic heterocycles. The molecule has 1 aliphatic rings. The van der Waals surface area contributed by atoms with Crippen LogP contribution in [0.3, 0.4) is 0 Å². The Bertz CT molecular complexity index is 341. The second-order valence-corrected chi connectivity index (χ2v) is 4.63. The number of hydrogen-bond acceptors (Lipinski definition) is 4. The van der Waals surface area contributed by atoms with Crippen LogP contribution >= 0.6 is 0 Å². The van der Waals surface area contributed by atoms with E-state index in [0.29, 0.717) is 19.6 Å². The summed E-state index contributed by atoms with van der Waals surface area (Å²) in [6.45, 7) is 6.34. The van der Waals surface area contributed by atoms with Crippen LogP contribution < -0.4 is 5.32 Å². The third-order valence-electron chi connectivity index (χ3n) is 2.73. The van der Waals surface area contributed by atoms with E-state index in [0.717, 1.165) is 11.3 Å². The number of nitrogens with zero attached hydrogens (tertiary/aromatic N) is 1. The quantitative estimate of drug-likeness (QED) is 0.566. The third-order valence-corrected chi connectivity index (χ3v) is 2.73. The predicted molar refractivity (Wildman–Crippen MR) is 64.7 cm³/mol. The number of carbonyl (C=O) groups is 3. The van der Waals surface area contributed by atoms with Crippen molar-refractivity contribution in [2.45, 2.75) is 39.7 Å². The van der Waals surface area contributed by atoms with Crippen LogP contribution in [-0.4, -0.2) is 42.0 Å². The second kappa shape index (κ2) is 6.49. The van der Waals surface area contributed by atoms with Gasteiger partial charge in [-0.2, -0.15) is 0 Å². The Kier molecular flexibility index (Phi) is 5.27. The second-order valence-electron chi connectivity index (χ2n) is 4.63. The zero-order valence-electron chi connectivity index (χ0n) is 11.1. The van der Waals surface area contributed by atoms with Gasteiger partial charge in [0.1, 0.15) is 5.92 Å². The fourth-order valence-electron chi connectivity index (χ4n) is 1.63. The van der Waals surface area contributed by atoms with E-state index in [2.05, 4.69) is 5.32 Å². The first-order valence-electron chi connectivity index (χ1n) is 6.21. The van der Waals surface area contributed by atoms with E-state index in [4.69, 9.17) is 4.74 Å². The molecule has 0 aliphatic carbocycles. The highest BCUT2D eigenvalue weighted by atomic mass is 16.5. The number of barbiturate groups is 1. The van der Waals surface area contributed by atoms with Gasteiger partial charge in [0.25, 0.3) is 0 Å². The van der Waals surface area contributed by atoms with Crippen LogP contribution in [0.25, 0.3) is 0 Å². The molecule has 4 amide bonds. The van der Waals surface area contributed by atoms with Crippen molar-refractivity contribution in [1.29, 1.82) is 0 Å². The largest absolute Gasteiger partial charge is 0.379 e. The molecule has 1 atom stereocenters. The summed E-state index contributed by atoms with van der Waals surface area (Å²) in [4.78, 5) is 35.5. The average Bonchev–Trinajstić information content (AvgIpc) is 2.29. The molecule has 6 nitrogen and oxygen atoms in total. The molecule has 0 saturated carbocycles. The number of imide groups is 2. The van der Waals surface area contributed by atoms with Crippen LogP contribution in [0.5, 0.6) is 0 Å². The molecule has 1 fully saturated rings. The maximum atomic E-state index is 11.7. The van der Waals surface area contributed by atoms with E-state index >= 15 is 0 Å². The highest BCUT2D eigenvalue weighted by Crippen LogP contribution is 2.10. The van der Waals surface area contributed by atoms with Crippen molar-refractivity contribution < 1.29 is 19.1 Å². The first kappa shape index (κ1) is 14.6. The van der Waals surface area contributed by atoms with Crippen molar-refractivity contribution in [2.75, 3.05) is 13.2 Å². The summed E-state index contributed by atoms with van der Waals surface area (Å²) in [5, 5.41) is 2.16. The van der Waals surface area contributed by atoms with Crippen LogP contribution in [0.2, 0.25) is 0 Å². The van der Waals surface area contributed by atoms with Gasteiger partial charge in [0.2, 0.25) is 11.8 Å². The standard InChI is InChI=1S/C12H20N2O4/c1-8(2)18-7-5-4-6-14-11(16)9(3)10(15)13-12(14)17/h8-9H,4-7H2,1-3H3,(H,13,15,17). The summed E-state index contributed by atoms with van der Waals surface area (Å²) in [6.07, 6.45) is 1.63. The van der Waals surface area contributed by atoms with Gasteiger partial charge in [-0.3, -0.25) is 19.8 Å². The van der Waals surface area contributed by atoms with Gasteiger partial charge >= 0.3 is 6.03 Å². The van der Waals surface area contributed by atoms with Crippen molar-refractivity contribution in [3.63, 3.8) is 0 Å². The maximum absolute atomic E-state index is 11.7. The molecule has 1 unspecified atom stereocenters. The Hall–Kier alpha value is -1.43. The normalized spacial score (nSPS) is 20.6. The molecular formula is C12H20N2O4. The molecule has 1 rings (SSSR count). The van der Waals surface area contributed by atoms with E-state index in [9.17, 15) is 14.4 Å². The minimum absolute atomic E-state index is 0.183. The van der Waals surface area contributed by atoms with E-state index in [1.165, 1.54) is 6.92 Å². The monoisotopic (exact) mass is 256 g/mol. The number of nitrogens with one attached hydrogen (secondary N) is 1. The van der Waals surface area contributed by atoms with Gasteiger partial charge < -0.3 is 4.74 Å². The Balaban J connectivity index is 2.35. The smallest absolute Gasteiger partial charge is 0.330 e. The van der Waals surface area contributed by atoms with Gasteiger partial charge in [-0.15, -0.1) is 0 Å². The van der Waals surface area contributed by atoms with E-state index in [1.807, 2.05) is 13.8 Å². The highest BCUT2D eigenvalue weighted by Gasteiger charge is 2.36. The molecule has 0 aromatic carbocycles. The topological polar surface area (TPSA) is 75.7 Å². The highest BCUT2D eigenvalue weighted by molar-refractivity contribution is 6.15. The summed E-state index contributed by atoms with van der Waals surface area (Å²) < 4.78 is 5.36. The minimum atomic E-state index is -0.783. The van der Waals surface area contributed by atoms with Crippen molar-refractivity contribution in [1.82, 2.24) is 10.2 Å². The van der Waals surface area contributed by atoms with Crippen LogP contribution in [0.4, 0.5) is 4.79 Å². The molecule has 6 heteroatoms. The van der Waals surface area contributed by atoms with E-state index in [-0.39, 0.29) is 6.10 Å². The lowest BCUT2D eigenvalue weighted by Gasteiger charge is -2.28. The molecule has 0 bridgehead atoms. The molecule has 0 aromatic rings. The molecule has 18 heavy (non-hydrogen) atoms. The van der Waals surface area contributed by atoms with Crippen molar-refractivity contribution in [3.05, 3.63) is 0 Å². The Morgan fingerprint density at radius 2 is 1.94 bits per heavy atom. The zero-order chi connectivity index (χ0) is 13.7. The Morgan fingerprint density at radius 1 is 1.28 bits per heavy atom. The van der Waals surface area contributed by atoms with Gasteiger partial charge in [-0.25, -0.2) is 4.79 Å². The molecule has 0 radical (unpaired) electrons. The van der Waals surface area contributed by atoms with Crippen molar-refractivity contribution in [2.24, 2.45) is 5.92 Å². The number of hydrogen-bond donors (Lipinski definition) is 1. The first-order chi connectivity index (χ1) is 8.43. The molecular weight excluding hydrogens is 236 g/mol. The summed E-state index contributed by atoms with van der Waals surface area (Å²) in [5.74, 6) is -1.73. The van der Waals surface area contributed by atoms with Gasteiger partial charge in [0.05, 0.1) is 6.10 Å². The SMILES string of the molecule is CC(C)OCCCCN1C(=O)NC(=O)C(C)C1=O. The molecule has 1 N–H and O–H groups in total. The maximum Gasteiger partial charge on any atom is 0.330 e. The summed E-state index contributed by atoms with van der Waals surface area (Å²) >= 11 is 0. The average molecular weight is 256 g/mol. The van der Waals surface area contributed by atoms with E-state index < -0.39 is 23.8 Å². The fraction of sp³-hybridized carbons (Fsp3) is 0.750. The Morgan fingerprint density at radius 3 is 2.56 bits per heavy atom. The molecule has 102 valence electrons. The lowest BCUT2D eigenvalue weighted by Crippen LogP contribution is -2.57. The summed E-state index contributed by atoms with van der Waals surface area (Å²) in [7, 11) is 0. The van der Waals surface area contributed by atoms with Gasteiger partial charge in [0, 0.05) is 13.2 Å². The summed E-state index contributed by atoms with van der Waals surface area (Å²) in [5.41, 5.74) is 0. The van der Waals surface area contributed by atoms with Crippen LogP contribution in [-0.2, 0) is 14.3 Å². The third kappa shape index (κ3) is 3.80. The minimum Gasteiger partial charge on any atom is -0.379 e. The molecule has 0 spiro atoms. The first-order valence-corrected chi connectivity index (χ1v) is 6.21. The van der Waals surface area contributed by atoms with Gasteiger partial charge in [0.15, 0.2) is 0 Å². The lowest BCUT2D eigenvalue weighted by molar-refractivity contribution is -0.141. The molecule has 1 aliphatic heterocycles. The number of amides is 4. The van der Waals surface area contributed by atoms with Crippen molar-refractivity contribution >= 4 is 17.8 Å².